The number of carbonyl (C=O) groups excluding carboxylic acids is 1. The van der Waals surface area contributed by atoms with E-state index in [0.717, 1.165) is 25.7 Å². The average Bonchev–Trinajstić information content (AvgIpc) is 3.27. The summed E-state index contributed by atoms with van der Waals surface area (Å²) in [5.74, 6) is 10.9. The largest absolute Gasteiger partial charge is 0.463 e. The van der Waals surface area contributed by atoms with E-state index < -0.39 is 6.10 Å². The van der Waals surface area contributed by atoms with Crippen molar-refractivity contribution >= 4 is 5.97 Å². The summed E-state index contributed by atoms with van der Waals surface area (Å²) < 4.78 is 10.0. The number of hydrogen-bond acceptors (Lipinski definition) is 4. The summed E-state index contributed by atoms with van der Waals surface area (Å²) in [5.41, 5.74) is 0. The fraction of sp³-hybridized carbons (Fsp3) is 0.526. The average molecular weight is 316 g/mol. The van der Waals surface area contributed by atoms with Crippen molar-refractivity contribution in [2.24, 2.45) is 0 Å². The lowest BCUT2D eigenvalue weighted by Crippen LogP contribution is -2.07. The van der Waals surface area contributed by atoms with Crippen molar-refractivity contribution in [3.63, 3.8) is 0 Å². The molecule has 3 atom stereocenters. The zero-order chi connectivity index (χ0) is 16.9. The van der Waals surface area contributed by atoms with E-state index in [1.807, 2.05) is 12.2 Å². The van der Waals surface area contributed by atoms with Crippen LogP contribution in [0.3, 0.4) is 0 Å². The van der Waals surface area contributed by atoms with Crippen LogP contribution < -0.4 is 0 Å². The van der Waals surface area contributed by atoms with Crippen LogP contribution in [-0.2, 0) is 14.3 Å². The maximum atomic E-state index is 10.6. The Balaban J connectivity index is 2.10. The van der Waals surface area contributed by atoms with Gasteiger partial charge in [0.1, 0.15) is 18.8 Å². The minimum absolute atomic E-state index is 0.121. The molecule has 4 nitrogen and oxygen atoms in total. The molecule has 1 saturated heterocycles. The SMILES string of the molecule is C=CCCCC[C@@H](O)/C=C/CC#CC#C[C@@H]1O[C@@H]1COC(C)=O. The minimum Gasteiger partial charge on any atom is -0.463 e. The molecule has 0 bridgehead atoms. The Labute approximate surface area is 138 Å². The van der Waals surface area contributed by atoms with Crippen molar-refractivity contribution in [2.75, 3.05) is 6.61 Å². The molecule has 0 spiro atoms. The summed E-state index contributed by atoms with van der Waals surface area (Å²) in [4.78, 5) is 10.6. The molecular formula is C19H24O4. The van der Waals surface area contributed by atoms with Crippen LogP contribution in [0.25, 0.3) is 0 Å². The summed E-state index contributed by atoms with van der Waals surface area (Å²) in [6.45, 7) is 5.27. The number of aliphatic hydroxyl groups excluding tert-OH is 1. The van der Waals surface area contributed by atoms with E-state index in [0.29, 0.717) is 6.42 Å². The molecule has 0 aromatic carbocycles. The summed E-state index contributed by atoms with van der Waals surface area (Å²) in [6.07, 6.45) is 9.17. The zero-order valence-electron chi connectivity index (χ0n) is 13.6. The monoisotopic (exact) mass is 316 g/mol. The van der Waals surface area contributed by atoms with Gasteiger partial charge in [0.05, 0.1) is 6.10 Å². The van der Waals surface area contributed by atoms with Crippen LogP contribution in [0.1, 0.15) is 39.0 Å². The van der Waals surface area contributed by atoms with Crippen LogP contribution in [0, 0.1) is 23.7 Å². The highest BCUT2D eigenvalue weighted by molar-refractivity contribution is 5.65. The van der Waals surface area contributed by atoms with Crippen molar-refractivity contribution in [2.45, 2.75) is 57.3 Å². The van der Waals surface area contributed by atoms with Gasteiger partial charge < -0.3 is 14.6 Å². The van der Waals surface area contributed by atoms with Crippen molar-refractivity contribution in [3.05, 3.63) is 24.8 Å². The Bertz CT molecular complexity index is 527. The number of aliphatic hydroxyl groups is 1. The van der Waals surface area contributed by atoms with E-state index >= 15 is 0 Å². The zero-order valence-corrected chi connectivity index (χ0v) is 13.6. The molecule has 0 amide bonds. The third kappa shape index (κ3) is 10.4. The van der Waals surface area contributed by atoms with Gasteiger partial charge in [-0.3, -0.25) is 4.79 Å². The second-order valence-electron chi connectivity index (χ2n) is 5.24. The first-order valence-corrected chi connectivity index (χ1v) is 7.86. The number of esters is 1. The molecule has 0 aromatic heterocycles. The Morgan fingerprint density at radius 2 is 2.26 bits per heavy atom. The molecular weight excluding hydrogens is 292 g/mol. The Kier molecular flexibility index (Phi) is 9.55. The van der Waals surface area contributed by atoms with E-state index in [4.69, 9.17) is 9.47 Å². The normalized spacial score (nSPS) is 19.9. The molecule has 4 heteroatoms. The molecule has 1 N–H and O–H groups in total. The predicted octanol–water partition coefficient (Wildman–Crippen LogP) is 2.38. The number of unbranched alkanes of at least 4 members (excludes halogenated alkanes) is 2. The molecule has 1 rings (SSSR count). The molecule has 0 radical (unpaired) electrons. The van der Waals surface area contributed by atoms with Crippen molar-refractivity contribution in [1.29, 1.82) is 0 Å². The van der Waals surface area contributed by atoms with Crippen molar-refractivity contribution < 1.29 is 19.4 Å². The van der Waals surface area contributed by atoms with E-state index in [2.05, 4.69) is 30.3 Å². The van der Waals surface area contributed by atoms with Crippen LogP contribution >= 0.6 is 0 Å². The fourth-order valence-electron chi connectivity index (χ4n) is 1.82. The second-order valence-corrected chi connectivity index (χ2v) is 5.24. The van der Waals surface area contributed by atoms with Crippen molar-refractivity contribution in [1.82, 2.24) is 0 Å². The van der Waals surface area contributed by atoms with E-state index in [1.165, 1.54) is 6.92 Å². The fourth-order valence-corrected chi connectivity index (χ4v) is 1.82. The molecule has 0 saturated carbocycles. The van der Waals surface area contributed by atoms with Crippen LogP contribution in [-0.4, -0.2) is 36.0 Å². The predicted molar refractivity (Wildman–Crippen MR) is 89.3 cm³/mol. The second kappa shape index (κ2) is 11.5. The van der Waals surface area contributed by atoms with Gasteiger partial charge in [0.25, 0.3) is 0 Å². The number of carbonyl (C=O) groups is 1. The number of hydrogen-bond donors (Lipinski definition) is 1. The van der Waals surface area contributed by atoms with Gasteiger partial charge >= 0.3 is 5.97 Å². The third-order valence-electron chi connectivity index (χ3n) is 3.13. The maximum Gasteiger partial charge on any atom is 0.302 e. The summed E-state index contributed by atoms with van der Waals surface area (Å²) in [5, 5.41) is 9.71. The Hall–Kier alpha value is -2.01. The molecule has 1 aliphatic heterocycles. The van der Waals surface area contributed by atoms with Gasteiger partial charge in [-0.1, -0.05) is 36.5 Å². The van der Waals surface area contributed by atoms with Gasteiger partial charge in [0, 0.05) is 13.3 Å². The topological polar surface area (TPSA) is 59.1 Å². The Morgan fingerprint density at radius 3 is 3.00 bits per heavy atom. The standard InChI is InChI=1S/C19H24O4/c1-3-4-5-9-12-17(21)13-10-7-6-8-11-14-18-19(23-18)15-22-16(2)20/h3,10,13,17-19,21H,1,4-5,7,9,12,15H2,2H3/b13-10+/t17-,18+,19-/m1/s1. The molecule has 0 aliphatic carbocycles. The summed E-state index contributed by atoms with van der Waals surface area (Å²) in [7, 11) is 0. The van der Waals surface area contributed by atoms with Gasteiger partial charge in [0.15, 0.2) is 0 Å². The number of ether oxygens (including phenoxy) is 2. The van der Waals surface area contributed by atoms with Gasteiger partial charge in [-0.15, -0.1) is 6.58 Å². The molecule has 0 unspecified atom stereocenters. The van der Waals surface area contributed by atoms with Gasteiger partial charge in [0.2, 0.25) is 0 Å². The van der Waals surface area contributed by atoms with E-state index in [1.54, 1.807) is 6.08 Å². The summed E-state index contributed by atoms with van der Waals surface area (Å²) >= 11 is 0. The lowest BCUT2D eigenvalue weighted by molar-refractivity contribution is -0.141. The molecule has 1 fully saturated rings. The first kappa shape index (κ1) is 19.0. The van der Waals surface area contributed by atoms with Crippen LogP contribution in [0.2, 0.25) is 0 Å². The summed E-state index contributed by atoms with van der Waals surface area (Å²) in [6, 6.07) is 0. The van der Waals surface area contributed by atoms with Crippen LogP contribution in [0.5, 0.6) is 0 Å². The first-order valence-electron chi connectivity index (χ1n) is 7.86. The van der Waals surface area contributed by atoms with Gasteiger partial charge in [-0.2, -0.15) is 0 Å². The van der Waals surface area contributed by atoms with Gasteiger partial charge in [-0.25, -0.2) is 0 Å². The first-order chi connectivity index (χ1) is 11.1. The number of allylic oxidation sites excluding steroid dienone is 2. The quantitative estimate of drug-likeness (QED) is 0.233. The highest BCUT2D eigenvalue weighted by atomic mass is 16.6. The minimum atomic E-state index is -0.408. The Morgan fingerprint density at radius 1 is 1.43 bits per heavy atom. The lowest BCUT2D eigenvalue weighted by Gasteiger charge is -2.03. The van der Waals surface area contributed by atoms with E-state index in [9.17, 15) is 9.90 Å². The van der Waals surface area contributed by atoms with Crippen LogP contribution in [0.15, 0.2) is 24.8 Å². The molecule has 124 valence electrons. The third-order valence-corrected chi connectivity index (χ3v) is 3.13. The smallest absolute Gasteiger partial charge is 0.302 e. The number of epoxide rings is 1. The van der Waals surface area contributed by atoms with Crippen molar-refractivity contribution in [3.8, 4) is 23.7 Å². The molecule has 0 aromatic rings. The van der Waals surface area contributed by atoms with Gasteiger partial charge in [-0.05, 0) is 31.1 Å². The molecule has 1 heterocycles. The molecule has 23 heavy (non-hydrogen) atoms. The maximum absolute atomic E-state index is 10.6. The highest BCUT2D eigenvalue weighted by Crippen LogP contribution is 2.21. The molecule has 1 aliphatic rings. The number of rotatable bonds is 9. The highest BCUT2D eigenvalue weighted by Gasteiger charge is 2.38. The van der Waals surface area contributed by atoms with Crippen LogP contribution in [0.4, 0.5) is 0 Å². The lowest BCUT2D eigenvalue weighted by atomic mass is 10.1. The van der Waals surface area contributed by atoms with E-state index in [-0.39, 0.29) is 24.8 Å².